The second-order valence-corrected chi connectivity index (χ2v) is 7.34. The van der Waals surface area contributed by atoms with Crippen molar-refractivity contribution in [3.05, 3.63) is 22.4 Å². The van der Waals surface area contributed by atoms with Crippen LogP contribution < -0.4 is 0 Å². The monoisotopic (exact) mass is 378 g/mol. The molecule has 0 bridgehead atoms. The summed E-state index contributed by atoms with van der Waals surface area (Å²) in [6.07, 6.45) is 8.29. The highest BCUT2D eigenvalue weighted by Crippen LogP contribution is 2.45. The van der Waals surface area contributed by atoms with Crippen LogP contribution in [0.2, 0.25) is 0 Å². The summed E-state index contributed by atoms with van der Waals surface area (Å²) in [7, 11) is 0. The lowest BCUT2D eigenvalue weighted by Crippen LogP contribution is -2.33. The third-order valence-corrected chi connectivity index (χ3v) is 7.37. The molecular weight excluding hydrogens is 360 g/mol. The van der Waals surface area contributed by atoms with Gasteiger partial charge >= 0.3 is 0 Å². The standard InChI is InChI=1S/C14H20Br2S/c15-10-14(11-16,12-4-1-2-5-12)8-7-13-6-3-9-17-13/h3,6,9,12H,1-2,4-5,7-8,10-11H2. The van der Waals surface area contributed by atoms with E-state index in [1.54, 1.807) is 0 Å². The van der Waals surface area contributed by atoms with Gasteiger partial charge in [0.15, 0.2) is 0 Å². The van der Waals surface area contributed by atoms with Crippen LogP contribution in [0.5, 0.6) is 0 Å². The smallest absolute Gasteiger partial charge is 0.00987 e. The summed E-state index contributed by atoms with van der Waals surface area (Å²) >= 11 is 9.46. The minimum Gasteiger partial charge on any atom is -0.149 e. The lowest BCUT2D eigenvalue weighted by atomic mass is 9.74. The first-order valence-corrected chi connectivity index (χ1v) is 9.57. The van der Waals surface area contributed by atoms with Gasteiger partial charge in [0.1, 0.15) is 0 Å². The van der Waals surface area contributed by atoms with Crippen molar-refractivity contribution in [1.29, 1.82) is 0 Å². The third kappa shape index (κ3) is 3.36. The van der Waals surface area contributed by atoms with Crippen molar-refractivity contribution in [2.45, 2.75) is 38.5 Å². The Bertz CT molecular complexity index is 311. The van der Waals surface area contributed by atoms with Crippen molar-refractivity contribution in [2.24, 2.45) is 11.3 Å². The van der Waals surface area contributed by atoms with E-state index in [0.29, 0.717) is 5.41 Å². The Morgan fingerprint density at radius 3 is 2.47 bits per heavy atom. The van der Waals surface area contributed by atoms with Gasteiger partial charge < -0.3 is 0 Å². The summed E-state index contributed by atoms with van der Waals surface area (Å²) in [5.74, 6) is 0.918. The highest BCUT2D eigenvalue weighted by molar-refractivity contribution is 9.09. The molecule has 1 aromatic heterocycles. The molecule has 0 aromatic carbocycles. The molecule has 3 heteroatoms. The van der Waals surface area contributed by atoms with Crippen LogP contribution in [0, 0.1) is 11.3 Å². The molecule has 1 aliphatic rings. The Hall–Kier alpha value is 0.660. The second-order valence-electron chi connectivity index (χ2n) is 5.19. The van der Waals surface area contributed by atoms with Gasteiger partial charge in [-0.1, -0.05) is 50.8 Å². The average molecular weight is 380 g/mol. The summed E-state index contributed by atoms with van der Waals surface area (Å²) < 4.78 is 0. The molecule has 1 aromatic rings. The van der Waals surface area contributed by atoms with Gasteiger partial charge in [0.05, 0.1) is 0 Å². The number of hydrogen-bond donors (Lipinski definition) is 0. The molecule has 0 aliphatic heterocycles. The Morgan fingerprint density at radius 2 is 1.94 bits per heavy atom. The maximum atomic E-state index is 3.78. The predicted octanol–water partition coefficient (Wildman–Crippen LogP) is 5.65. The van der Waals surface area contributed by atoms with E-state index < -0.39 is 0 Å². The normalized spacial score (nSPS) is 17.8. The van der Waals surface area contributed by atoms with Crippen molar-refractivity contribution >= 4 is 43.2 Å². The van der Waals surface area contributed by atoms with Crippen LogP contribution in [-0.2, 0) is 6.42 Å². The van der Waals surface area contributed by atoms with Crippen molar-refractivity contribution in [1.82, 2.24) is 0 Å². The molecule has 0 N–H and O–H groups in total. The van der Waals surface area contributed by atoms with Gasteiger partial charge in [-0.2, -0.15) is 0 Å². The lowest BCUT2D eigenvalue weighted by Gasteiger charge is -2.36. The Balaban J connectivity index is 2.00. The number of halogens is 2. The second kappa shape index (κ2) is 6.72. The summed E-state index contributed by atoms with van der Waals surface area (Å²) in [6.45, 7) is 0. The molecule has 0 radical (unpaired) electrons. The molecule has 0 nitrogen and oxygen atoms in total. The SMILES string of the molecule is BrCC(CBr)(CCc1cccs1)C1CCCC1. The molecule has 1 fully saturated rings. The molecule has 96 valence electrons. The molecular formula is C14H20Br2S. The van der Waals surface area contributed by atoms with Crippen LogP contribution in [0.3, 0.4) is 0 Å². The maximum absolute atomic E-state index is 3.78. The summed E-state index contributed by atoms with van der Waals surface area (Å²) in [5.41, 5.74) is 0.473. The first-order valence-electron chi connectivity index (χ1n) is 6.45. The highest BCUT2D eigenvalue weighted by Gasteiger charge is 2.38. The zero-order valence-electron chi connectivity index (χ0n) is 10.1. The summed E-state index contributed by atoms with van der Waals surface area (Å²) in [5, 5.41) is 4.47. The van der Waals surface area contributed by atoms with Gasteiger partial charge in [0, 0.05) is 15.5 Å². The fraction of sp³-hybridized carbons (Fsp3) is 0.714. The van der Waals surface area contributed by atoms with Gasteiger partial charge in [-0.05, 0) is 48.5 Å². The predicted molar refractivity (Wildman–Crippen MR) is 84.6 cm³/mol. The van der Waals surface area contributed by atoms with E-state index in [0.717, 1.165) is 16.6 Å². The van der Waals surface area contributed by atoms with Crippen molar-refractivity contribution in [3.63, 3.8) is 0 Å². The van der Waals surface area contributed by atoms with Crippen LogP contribution in [0.4, 0.5) is 0 Å². The summed E-state index contributed by atoms with van der Waals surface area (Å²) in [4.78, 5) is 1.54. The molecule has 1 saturated carbocycles. The van der Waals surface area contributed by atoms with Crippen molar-refractivity contribution < 1.29 is 0 Å². The van der Waals surface area contributed by atoms with E-state index in [1.807, 2.05) is 11.3 Å². The van der Waals surface area contributed by atoms with E-state index in [-0.39, 0.29) is 0 Å². The molecule has 0 amide bonds. The number of alkyl halides is 2. The Morgan fingerprint density at radius 1 is 1.24 bits per heavy atom. The average Bonchev–Trinajstić information content (AvgIpc) is 3.04. The Kier molecular flexibility index (Phi) is 5.56. The van der Waals surface area contributed by atoms with Crippen LogP contribution in [0.25, 0.3) is 0 Å². The quantitative estimate of drug-likeness (QED) is 0.560. The van der Waals surface area contributed by atoms with Gasteiger partial charge in [0.2, 0.25) is 0 Å². The van der Waals surface area contributed by atoms with E-state index in [2.05, 4.69) is 49.4 Å². The lowest BCUT2D eigenvalue weighted by molar-refractivity contribution is 0.217. The maximum Gasteiger partial charge on any atom is 0.00987 e. The minimum absolute atomic E-state index is 0.473. The largest absolute Gasteiger partial charge is 0.149 e. The van der Waals surface area contributed by atoms with Gasteiger partial charge in [0.25, 0.3) is 0 Å². The fourth-order valence-corrected chi connectivity index (χ4v) is 6.07. The minimum atomic E-state index is 0.473. The number of thiophene rings is 1. The first kappa shape index (κ1) is 14.1. The molecule has 2 rings (SSSR count). The molecule has 17 heavy (non-hydrogen) atoms. The van der Waals surface area contributed by atoms with E-state index in [1.165, 1.54) is 43.4 Å². The van der Waals surface area contributed by atoms with E-state index >= 15 is 0 Å². The zero-order chi connectivity index (χ0) is 12.1. The topological polar surface area (TPSA) is 0 Å². The molecule has 0 saturated heterocycles. The first-order chi connectivity index (χ1) is 8.30. The number of rotatable bonds is 6. The zero-order valence-corrected chi connectivity index (χ0v) is 14.1. The van der Waals surface area contributed by atoms with Crippen LogP contribution in [0.15, 0.2) is 17.5 Å². The third-order valence-electron chi connectivity index (χ3n) is 4.20. The fourth-order valence-electron chi connectivity index (χ4n) is 2.96. The van der Waals surface area contributed by atoms with E-state index in [4.69, 9.17) is 0 Å². The van der Waals surface area contributed by atoms with Gasteiger partial charge in [-0.3, -0.25) is 0 Å². The van der Waals surface area contributed by atoms with Crippen LogP contribution >= 0.6 is 43.2 Å². The van der Waals surface area contributed by atoms with Crippen molar-refractivity contribution in [3.8, 4) is 0 Å². The van der Waals surface area contributed by atoms with Crippen molar-refractivity contribution in [2.75, 3.05) is 10.7 Å². The highest BCUT2D eigenvalue weighted by atomic mass is 79.9. The molecule has 0 spiro atoms. The Labute approximate surface area is 125 Å². The van der Waals surface area contributed by atoms with Crippen LogP contribution in [-0.4, -0.2) is 10.7 Å². The number of aryl methyl sites for hydroxylation is 1. The molecule has 0 atom stereocenters. The van der Waals surface area contributed by atoms with Crippen LogP contribution in [0.1, 0.15) is 37.0 Å². The summed E-state index contributed by atoms with van der Waals surface area (Å²) in [6, 6.07) is 4.44. The number of hydrogen-bond acceptors (Lipinski definition) is 1. The molecule has 0 unspecified atom stereocenters. The van der Waals surface area contributed by atoms with Gasteiger partial charge in [-0.25, -0.2) is 0 Å². The molecule has 1 heterocycles. The molecule has 1 aliphatic carbocycles. The van der Waals surface area contributed by atoms with E-state index in [9.17, 15) is 0 Å². The van der Waals surface area contributed by atoms with Gasteiger partial charge in [-0.15, -0.1) is 11.3 Å².